The van der Waals surface area contributed by atoms with Gasteiger partial charge in [-0.2, -0.15) is 0 Å². The second-order valence-electron chi connectivity index (χ2n) is 5.22. The maximum absolute atomic E-state index is 12.5. The van der Waals surface area contributed by atoms with Crippen LogP contribution in [-0.2, 0) is 4.74 Å². The summed E-state index contributed by atoms with van der Waals surface area (Å²) in [6.07, 6.45) is 3.74. The Kier molecular flexibility index (Phi) is 5.35. The van der Waals surface area contributed by atoms with E-state index in [-0.39, 0.29) is 5.91 Å². The number of nitrogens with zero attached hydrogens (tertiary/aromatic N) is 2. The third kappa shape index (κ3) is 3.70. The lowest BCUT2D eigenvalue weighted by atomic mass is 10.1. The van der Waals surface area contributed by atoms with Gasteiger partial charge in [-0.15, -0.1) is 0 Å². The Morgan fingerprint density at radius 3 is 3.20 bits per heavy atom. The van der Waals surface area contributed by atoms with Gasteiger partial charge >= 0.3 is 0 Å². The average molecular weight is 277 g/mol. The molecule has 0 bridgehead atoms. The van der Waals surface area contributed by atoms with E-state index in [1.165, 1.54) is 0 Å². The van der Waals surface area contributed by atoms with E-state index in [1.807, 2.05) is 11.0 Å². The molecule has 0 aliphatic carbocycles. The van der Waals surface area contributed by atoms with E-state index >= 15 is 0 Å². The molecule has 20 heavy (non-hydrogen) atoms. The minimum Gasteiger partial charge on any atom is -0.384 e. The number of nitrogens with one attached hydrogen (secondary N) is 1. The van der Waals surface area contributed by atoms with Crippen LogP contribution >= 0.6 is 0 Å². The Bertz CT molecular complexity index is 450. The van der Waals surface area contributed by atoms with Crippen LogP contribution in [0.25, 0.3) is 0 Å². The molecule has 1 fully saturated rings. The molecule has 5 heteroatoms. The maximum atomic E-state index is 12.5. The molecular weight excluding hydrogens is 254 g/mol. The summed E-state index contributed by atoms with van der Waals surface area (Å²) in [5.74, 6) is 1.32. The standard InChI is InChI=1S/C15H23N3O2/c1-3-6-16-14-9-13(4-7-17-14)15(19)18-8-5-12(10-18)11-20-2/h4,7,9,12H,3,5-6,8,10-11H2,1-2H3,(H,16,17). The lowest BCUT2D eigenvalue weighted by Crippen LogP contribution is -2.29. The highest BCUT2D eigenvalue weighted by Gasteiger charge is 2.26. The summed E-state index contributed by atoms with van der Waals surface area (Å²) in [5, 5.41) is 3.21. The van der Waals surface area contributed by atoms with Crippen molar-refractivity contribution >= 4 is 11.7 Å². The molecule has 1 aromatic rings. The predicted molar refractivity (Wildman–Crippen MR) is 78.9 cm³/mol. The fraction of sp³-hybridized carbons (Fsp3) is 0.600. The van der Waals surface area contributed by atoms with Crippen molar-refractivity contribution in [3.63, 3.8) is 0 Å². The summed E-state index contributed by atoms with van der Waals surface area (Å²) in [7, 11) is 1.71. The average Bonchev–Trinajstić information content (AvgIpc) is 2.93. The van der Waals surface area contributed by atoms with E-state index in [4.69, 9.17) is 4.74 Å². The van der Waals surface area contributed by atoms with E-state index in [0.717, 1.165) is 44.9 Å². The number of methoxy groups -OCH3 is 1. The normalized spacial score (nSPS) is 18.3. The molecule has 1 unspecified atom stereocenters. The Morgan fingerprint density at radius 2 is 2.45 bits per heavy atom. The van der Waals surface area contributed by atoms with Crippen LogP contribution in [0, 0.1) is 5.92 Å². The number of carbonyl (C=O) groups is 1. The number of hydrogen-bond acceptors (Lipinski definition) is 4. The van der Waals surface area contributed by atoms with Crippen LogP contribution in [0.5, 0.6) is 0 Å². The van der Waals surface area contributed by atoms with Crippen LogP contribution in [0.4, 0.5) is 5.82 Å². The lowest BCUT2D eigenvalue weighted by Gasteiger charge is -2.17. The van der Waals surface area contributed by atoms with Crippen molar-refractivity contribution in [2.24, 2.45) is 5.92 Å². The van der Waals surface area contributed by atoms with Gasteiger partial charge in [0.1, 0.15) is 5.82 Å². The van der Waals surface area contributed by atoms with Gasteiger partial charge in [-0.1, -0.05) is 6.92 Å². The van der Waals surface area contributed by atoms with E-state index in [9.17, 15) is 4.79 Å². The van der Waals surface area contributed by atoms with Crippen LogP contribution in [0.2, 0.25) is 0 Å². The Balaban J connectivity index is 1.98. The molecular formula is C15H23N3O2. The zero-order valence-electron chi connectivity index (χ0n) is 12.3. The summed E-state index contributed by atoms with van der Waals surface area (Å²) in [4.78, 5) is 18.6. The molecule has 110 valence electrons. The number of carbonyl (C=O) groups excluding carboxylic acids is 1. The number of hydrogen-bond donors (Lipinski definition) is 1. The van der Waals surface area contributed by atoms with Gasteiger partial charge in [0.25, 0.3) is 5.91 Å². The van der Waals surface area contributed by atoms with Gasteiger partial charge < -0.3 is 15.0 Å². The SMILES string of the molecule is CCCNc1cc(C(=O)N2CCC(COC)C2)ccn1. The van der Waals surface area contributed by atoms with Crippen LogP contribution in [0.3, 0.4) is 0 Å². The zero-order valence-corrected chi connectivity index (χ0v) is 12.3. The monoisotopic (exact) mass is 277 g/mol. The van der Waals surface area contributed by atoms with E-state index in [0.29, 0.717) is 11.5 Å². The smallest absolute Gasteiger partial charge is 0.254 e. The van der Waals surface area contributed by atoms with Crippen molar-refractivity contribution in [1.29, 1.82) is 0 Å². The maximum Gasteiger partial charge on any atom is 0.254 e. The molecule has 1 aliphatic heterocycles. The number of anilines is 1. The van der Waals surface area contributed by atoms with Gasteiger partial charge in [0, 0.05) is 44.4 Å². The first kappa shape index (κ1) is 14.8. The first-order chi connectivity index (χ1) is 9.74. The van der Waals surface area contributed by atoms with Crippen LogP contribution in [-0.4, -0.2) is 49.1 Å². The largest absolute Gasteiger partial charge is 0.384 e. The third-order valence-electron chi connectivity index (χ3n) is 3.54. The third-order valence-corrected chi connectivity index (χ3v) is 3.54. The fourth-order valence-corrected chi connectivity index (χ4v) is 2.48. The van der Waals surface area contributed by atoms with Crippen molar-refractivity contribution in [1.82, 2.24) is 9.88 Å². The molecule has 1 saturated heterocycles. The molecule has 1 aromatic heterocycles. The number of amides is 1. The molecule has 0 saturated carbocycles. The second kappa shape index (κ2) is 7.24. The summed E-state index contributed by atoms with van der Waals surface area (Å²) >= 11 is 0. The summed E-state index contributed by atoms with van der Waals surface area (Å²) in [6.45, 7) is 5.29. The molecule has 1 atom stereocenters. The molecule has 2 heterocycles. The van der Waals surface area contributed by atoms with Crippen molar-refractivity contribution in [2.45, 2.75) is 19.8 Å². The first-order valence-electron chi connectivity index (χ1n) is 7.22. The summed E-state index contributed by atoms with van der Waals surface area (Å²) in [5.41, 5.74) is 0.705. The quantitative estimate of drug-likeness (QED) is 0.864. The number of likely N-dealkylation sites (tertiary alicyclic amines) is 1. The molecule has 5 nitrogen and oxygen atoms in total. The Labute approximate surface area is 120 Å². The van der Waals surface area contributed by atoms with E-state index in [2.05, 4.69) is 17.2 Å². The van der Waals surface area contributed by atoms with Crippen LogP contribution in [0.15, 0.2) is 18.3 Å². The van der Waals surface area contributed by atoms with Crippen molar-refractivity contribution in [2.75, 3.05) is 38.7 Å². The van der Waals surface area contributed by atoms with Gasteiger partial charge in [0.15, 0.2) is 0 Å². The highest BCUT2D eigenvalue weighted by molar-refractivity contribution is 5.95. The van der Waals surface area contributed by atoms with Gasteiger partial charge in [0.2, 0.25) is 0 Å². The molecule has 2 rings (SSSR count). The van der Waals surface area contributed by atoms with Crippen LogP contribution < -0.4 is 5.32 Å². The van der Waals surface area contributed by atoms with Gasteiger partial charge in [-0.05, 0) is 25.0 Å². The van der Waals surface area contributed by atoms with Crippen molar-refractivity contribution in [3.05, 3.63) is 23.9 Å². The zero-order chi connectivity index (χ0) is 14.4. The number of pyridine rings is 1. The van der Waals surface area contributed by atoms with Gasteiger partial charge in [-0.3, -0.25) is 4.79 Å². The van der Waals surface area contributed by atoms with Crippen LogP contribution in [0.1, 0.15) is 30.1 Å². The fourth-order valence-electron chi connectivity index (χ4n) is 2.48. The Morgan fingerprint density at radius 1 is 1.60 bits per heavy atom. The minimum absolute atomic E-state index is 0.0885. The first-order valence-corrected chi connectivity index (χ1v) is 7.22. The molecule has 1 amide bonds. The van der Waals surface area contributed by atoms with Crippen molar-refractivity contribution in [3.8, 4) is 0 Å². The van der Waals surface area contributed by atoms with Crippen molar-refractivity contribution < 1.29 is 9.53 Å². The topological polar surface area (TPSA) is 54.5 Å². The Hall–Kier alpha value is -1.62. The number of rotatable bonds is 6. The minimum atomic E-state index is 0.0885. The highest BCUT2D eigenvalue weighted by Crippen LogP contribution is 2.19. The predicted octanol–water partition coefficient (Wildman–Crippen LogP) is 2.01. The molecule has 1 aliphatic rings. The lowest BCUT2D eigenvalue weighted by molar-refractivity contribution is 0.0775. The molecule has 1 N–H and O–H groups in total. The molecule has 0 spiro atoms. The molecule has 0 aromatic carbocycles. The van der Waals surface area contributed by atoms with Gasteiger partial charge in [-0.25, -0.2) is 4.98 Å². The van der Waals surface area contributed by atoms with Gasteiger partial charge in [0.05, 0.1) is 6.61 Å². The van der Waals surface area contributed by atoms with E-state index in [1.54, 1.807) is 19.4 Å². The second-order valence-corrected chi connectivity index (χ2v) is 5.22. The number of aromatic nitrogens is 1. The van der Waals surface area contributed by atoms with E-state index < -0.39 is 0 Å². The highest BCUT2D eigenvalue weighted by atomic mass is 16.5. The molecule has 0 radical (unpaired) electrons. The summed E-state index contributed by atoms with van der Waals surface area (Å²) < 4.78 is 5.16. The number of ether oxygens (including phenoxy) is 1. The summed E-state index contributed by atoms with van der Waals surface area (Å²) in [6, 6.07) is 3.62.